The largest absolute Gasteiger partial charge is 0.508 e. The molecule has 302 valence electrons. The van der Waals surface area contributed by atoms with Crippen molar-refractivity contribution in [2.45, 2.75) is 82.3 Å². The first-order valence-electron chi connectivity index (χ1n) is 21.1. The molecular formula is C47H48N6O6. The molecule has 1 spiro atoms. The lowest BCUT2D eigenvalue weighted by molar-refractivity contribution is -0.137. The fourth-order valence-electron chi connectivity index (χ4n) is 10.8. The molecule has 12 heteroatoms. The number of aromatic nitrogens is 1. The van der Waals surface area contributed by atoms with Gasteiger partial charge in [-0.25, -0.2) is 4.98 Å². The second kappa shape index (κ2) is 14.7. The number of imide groups is 2. The number of nitrogens with one attached hydrogen (secondary N) is 1. The van der Waals surface area contributed by atoms with Crippen LogP contribution in [0.15, 0.2) is 79.0 Å². The zero-order valence-corrected chi connectivity index (χ0v) is 33.1. The van der Waals surface area contributed by atoms with Crippen LogP contribution in [0.4, 0.5) is 5.82 Å². The number of carbonyl (C=O) groups excluding carboxylic acids is 5. The standard InChI is InChI=1S/C47H48N6O6/c54-34-8-10-36-30(22-34)6-9-35(29-4-2-1-3-5-29)43(36)31-7-12-40(48-25-31)51-18-14-47(15-19-51)16-20-52(21-17-47)42(56)28-50-26-32-23-37-38(24-33(32)27-50)46(59)53(45(37)58)39-11-13-41(55)49-44(39)57/h1-5,7-8,10,12,22-25,35,39,43,54H,6,9,11,13-21,26-28H2,(H,49,55,57)/t35-,39-,43+/m1/s1. The number of phenolic OH excluding ortho intramolecular Hbond substituents is 1. The summed E-state index contributed by atoms with van der Waals surface area (Å²) >= 11 is 0. The maximum absolute atomic E-state index is 13.6. The number of anilines is 1. The third-order valence-electron chi connectivity index (χ3n) is 14.2. The summed E-state index contributed by atoms with van der Waals surface area (Å²) in [6.07, 6.45) is 8.32. The number of aryl methyl sites for hydroxylation is 1. The van der Waals surface area contributed by atoms with Gasteiger partial charge in [0.1, 0.15) is 17.6 Å². The van der Waals surface area contributed by atoms with Crippen LogP contribution in [0.3, 0.4) is 0 Å². The van der Waals surface area contributed by atoms with Gasteiger partial charge < -0.3 is 14.9 Å². The number of benzene rings is 3. The monoisotopic (exact) mass is 792 g/mol. The van der Waals surface area contributed by atoms with E-state index in [1.165, 1.54) is 22.3 Å². The molecule has 12 nitrogen and oxygen atoms in total. The third kappa shape index (κ3) is 6.76. The van der Waals surface area contributed by atoms with Crippen molar-refractivity contribution in [3.63, 3.8) is 0 Å². The number of phenols is 1. The number of fused-ring (bicyclic) bond motifs is 3. The second-order valence-corrected chi connectivity index (χ2v) is 17.5. The van der Waals surface area contributed by atoms with Crippen LogP contribution in [0.5, 0.6) is 5.75 Å². The summed E-state index contributed by atoms with van der Waals surface area (Å²) in [5.74, 6) is -0.126. The molecule has 10 rings (SSSR count). The summed E-state index contributed by atoms with van der Waals surface area (Å²) in [5.41, 5.74) is 7.61. The molecule has 0 radical (unpaired) electrons. The van der Waals surface area contributed by atoms with Crippen LogP contribution in [-0.4, -0.2) is 93.1 Å². The van der Waals surface area contributed by atoms with Crippen LogP contribution in [0.1, 0.15) is 111 Å². The lowest BCUT2D eigenvalue weighted by Crippen LogP contribution is -2.54. The van der Waals surface area contributed by atoms with Gasteiger partial charge in [-0.1, -0.05) is 42.5 Å². The highest BCUT2D eigenvalue weighted by Gasteiger charge is 2.46. The molecule has 5 amide bonds. The van der Waals surface area contributed by atoms with Crippen molar-refractivity contribution in [2.75, 3.05) is 37.6 Å². The minimum Gasteiger partial charge on any atom is -0.508 e. The van der Waals surface area contributed by atoms with Gasteiger partial charge in [0, 0.05) is 57.8 Å². The zero-order chi connectivity index (χ0) is 40.4. The molecule has 6 aliphatic rings. The van der Waals surface area contributed by atoms with Crippen molar-refractivity contribution >= 4 is 35.4 Å². The van der Waals surface area contributed by atoms with Crippen LogP contribution in [0.2, 0.25) is 0 Å². The minimum absolute atomic E-state index is 0.0787. The van der Waals surface area contributed by atoms with E-state index in [9.17, 15) is 29.1 Å². The Labute approximate surface area is 343 Å². The van der Waals surface area contributed by atoms with Crippen LogP contribution in [-0.2, 0) is 33.9 Å². The predicted octanol–water partition coefficient (Wildman–Crippen LogP) is 5.28. The molecular weight excluding hydrogens is 745 g/mol. The van der Waals surface area contributed by atoms with Crippen molar-refractivity contribution < 1.29 is 29.1 Å². The molecule has 3 aromatic carbocycles. The molecule has 3 fully saturated rings. The molecule has 0 bridgehead atoms. The molecule has 0 unspecified atom stereocenters. The zero-order valence-electron chi connectivity index (χ0n) is 33.1. The van der Waals surface area contributed by atoms with E-state index in [0.29, 0.717) is 24.8 Å². The van der Waals surface area contributed by atoms with E-state index in [0.717, 1.165) is 86.5 Å². The SMILES string of the molecule is O=C1CC[C@@H](N2C(=O)c3cc4c(cc3C2=O)CN(CC(=O)N2CCC3(CC2)CCN(c2ccc([C@@H]5c6ccc(O)cc6CC[C@@H]5c5ccccc5)cn2)CC3)C4)C(=O)N1. The van der Waals surface area contributed by atoms with Gasteiger partial charge in [-0.2, -0.15) is 0 Å². The smallest absolute Gasteiger partial charge is 0.262 e. The van der Waals surface area contributed by atoms with Crippen LogP contribution >= 0.6 is 0 Å². The Morgan fingerprint density at radius 3 is 2.12 bits per heavy atom. The molecule has 59 heavy (non-hydrogen) atoms. The van der Waals surface area contributed by atoms with Gasteiger partial charge >= 0.3 is 0 Å². The van der Waals surface area contributed by atoms with E-state index in [1.54, 1.807) is 18.2 Å². The number of rotatable bonds is 6. The highest BCUT2D eigenvalue weighted by atomic mass is 16.3. The lowest BCUT2D eigenvalue weighted by Gasteiger charge is -2.47. The van der Waals surface area contributed by atoms with Gasteiger partial charge in [0.2, 0.25) is 17.7 Å². The van der Waals surface area contributed by atoms with Crippen LogP contribution in [0, 0.1) is 5.41 Å². The van der Waals surface area contributed by atoms with Gasteiger partial charge in [-0.3, -0.25) is 39.1 Å². The Kier molecular flexibility index (Phi) is 9.34. The predicted molar refractivity (Wildman–Crippen MR) is 219 cm³/mol. The second-order valence-electron chi connectivity index (χ2n) is 17.5. The van der Waals surface area contributed by atoms with E-state index in [-0.39, 0.29) is 47.8 Å². The van der Waals surface area contributed by atoms with E-state index in [4.69, 9.17) is 4.98 Å². The van der Waals surface area contributed by atoms with E-state index in [2.05, 4.69) is 69.8 Å². The summed E-state index contributed by atoms with van der Waals surface area (Å²) in [4.78, 5) is 76.9. The fraction of sp³-hybridized carbons (Fsp3) is 0.404. The number of hydrogen-bond donors (Lipinski definition) is 2. The van der Waals surface area contributed by atoms with Gasteiger partial charge in [0.15, 0.2) is 0 Å². The molecule has 4 aromatic rings. The van der Waals surface area contributed by atoms with E-state index in [1.807, 2.05) is 11.0 Å². The minimum atomic E-state index is -0.993. The Balaban J connectivity index is 0.732. The number of aromatic hydroxyl groups is 1. The molecule has 3 saturated heterocycles. The van der Waals surface area contributed by atoms with Crippen LogP contribution < -0.4 is 10.2 Å². The highest BCUT2D eigenvalue weighted by molar-refractivity contribution is 6.23. The number of pyridine rings is 1. The lowest BCUT2D eigenvalue weighted by atomic mass is 9.69. The summed E-state index contributed by atoms with van der Waals surface area (Å²) in [7, 11) is 0. The maximum atomic E-state index is 13.6. The topological polar surface area (TPSA) is 143 Å². The summed E-state index contributed by atoms with van der Waals surface area (Å²) in [6, 6.07) is 23.5. The third-order valence-corrected chi connectivity index (χ3v) is 14.2. The number of likely N-dealkylation sites (tertiary alicyclic amines) is 1. The fourth-order valence-corrected chi connectivity index (χ4v) is 10.8. The first-order chi connectivity index (χ1) is 28.6. The van der Waals surface area contributed by atoms with Crippen molar-refractivity contribution in [2.24, 2.45) is 5.41 Å². The van der Waals surface area contributed by atoms with Gasteiger partial charge in [-0.05, 0) is 120 Å². The Hall–Kier alpha value is -5.88. The quantitative estimate of drug-likeness (QED) is 0.250. The average molecular weight is 793 g/mol. The van der Waals surface area contributed by atoms with Crippen molar-refractivity contribution in [1.82, 2.24) is 25.0 Å². The number of hydrogen-bond acceptors (Lipinski definition) is 9. The maximum Gasteiger partial charge on any atom is 0.262 e. The molecule has 6 heterocycles. The summed E-state index contributed by atoms with van der Waals surface area (Å²) in [6.45, 7) is 4.63. The van der Waals surface area contributed by atoms with Crippen molar-refractivity contribution in [1.29, 1.82) is 0 Å². The van der Waals surface area contributed by atoms with Gasteiger partial charge in [0.25, 0.3) is 11.8 Å². The Bertz CT molecular complexity index is 2320. The van der Waals surface area contributed by atoms with Gasteiger partial charge in [0.05, 0.1) is 17.7 Å². The Morgan fingerprint density at radius 1 is 0.763 bits per heavy atom. The summed E-state index contributed by atoms with van der Waals surface area (Å²) < 4.78 is 0. The first-order valence-corrected chi connectivity index (χ1v) is 21.1. The molecule has 3 atom stereocenters. The number of carbonyl (C=O) groups is 5. The highest BCUT2D eigenvalue weighted by Crippen LogP contribution is 2.47. The van der Waals surface area contributed by atoms with Crippen LogP contribution in [0.25, 0.3) is 0 Å². The number of amides is 5. The summed E-state index contributed by atoms with van der Waals surface area (Å²) in [5, 5.41) is 12.5. The number of piperidine rings is 3. The van der Waals surface area contributed by atoms with E-state index < -0.39 is 29.7 Å². The Morgan fingerprint density at radius 2 is 1.46 bits per heavy atom. The molecule has 1 aromatic heterocycles. The molecule has 0 saturated carbocycles. The first kappa shape index (κ1) is 37.4. The average Bonchev–Trinajstić information content (AvgIpc) is 3.75. The molecule has 1 aliphatic carbocycles. The van der Waals surface area contributed by atoms with Crippen molar-refractivity contribution in [3.05, 3.63) is 124 Å². The van der Waals surface area contributed by atoms with Gasteiger partial charge in [-0.15, -0.1) is 0 Å². The molecule has 2 N–H and O–H groups in total. The normalized spacial score (nSPS) is 23.9. The molecule has 5 aliphatic heterocycles. The van der Waals surface area contributed by atoms with Crippen molar-refractivity contribution in [3.8, 4) is 5.75 Å². The van der Waals surface area contributed by atoms with E-state index >= 15 is 0 Å². The number of nitrogens with zero attached hydrogens (tertiary/aromatic N) is 5.